The van der Waals surface area contributed by atoms with Gasteiger partial charge in [-0.3, -0.25) is 9.69 Å². The first-order valence-electron chi connectivity index (χ1n) is 6.90. The summed E-state index contributed by atoms with van der Waals surface area (Å²) in [7, 11) is 3.85. The van der Waals surface area contributed by atoms with Crippen molar-refractivity contribution in [2.45, 2.75) is 12.5 Å². The molecule has 0 fully saturated rings. The van der Waals surface area contributed by atoms with Crippen molar-refractivity contribution >= 4 is 49.1 Å². The van der Waals surface area contributed by atoms with E-state index in [1.807, 2.05) is 42.6 Å². The largest absolute Gasteiger partial charge is 0.354 e. The van der Waals surface area contributed by atoms with Gasteiger partial charge in [-0.1, -0.05) is 28.1 Å². The molecule has 1 atom stereocenters. The van der Waals surface area contributed by atoms with E-state index in [1.165, 1.54) is 5.56 Å². The fourth-order valence-corrected chi connectivity index (χ4v) is 4.07. The number of thiophene rings is 1. The molecule has 1 N–H and O–H groups in total. The molecule has 6 heteroatoms. The minimum atomic E-state index is -0.249. The Bertz CT molecular complexity index is 625. The van der Waals surface area contributed by atoms with Gasteiger partial charge in [-0.05, 0) is 60.2 Å². The third-order valence-electron chi connectivity index (χ3n) is 3.25. The van der Waals surface area contributed by atoms with Crippen LogP contribution in [0.15, 0.2) is 44.7 Å². The Kier molecular flexibility index (Phi) is 6.62. The maximum Gasteiger partial charge on any atom is 0.242 e. The Morgan fingerprint density at radius 1 is 1.23 bits per heavy atom. The van der Waals surface area contributed by atoms with E-state index >= 15 is 0 Å². The number of benzene rings is 1. The van der Waals surface area contributed by atoms with Crippen molar-refractivity contribution in [1.82, 2.24) is 10.2 Å². The molecule has 0 saturated carbocycles. The summed E-state index contributed by atoms with van der Waals surface area (Å²) in [5, 5.41) is 5.03. The number of carbonyl (C=O) groups is 1. The van der Waals surface area contributed by atoms with Crippen LogP contribution in [0.2, 0.25) is 0 Å². The van der Waals surface area contributed by atoms with Crippen LogP contribution < -0.4 is 5.32 Å². The lowest BCUT2D eigenvalue weighted by molar-refractivity contribution is -0.125. The van der Waals surface area contributed by atoms with Crippen LogP contribution in [0.25, 0.3) is 0 Å². The maximum absolute atomic E-state index is 12.5. The highest BCUT2D eigenvalue weighted by molar-refractivity contribution is 9.10. The van der Waals surface area contributed by atoms with Crippen molar-refractivity contribution in [3.8, 4) is 0 Å². The van der Waals surface area contributed by atoms with Crippen molar-refractivity contribution in [2.75, 3.05) is 20.6 Å². The molecule has 2 aromatic rings. The molecule has 118 valence electrons. The molecule has 0 spiro atoms. The molecule has 1 unspecified atom stereocenters. The molecule has 1 amide bonds. The van der Waals surface area contributed by atoms with Crippen molar-refractivity contribution in [2.24, 2.45) is 0 Å². The third kappa shape index (κ3) is 4.91. The summed E-state index contributed by atoms with van der Waals surface area (Å²) in [6, 6.07) is 9.92. The van der Waals surface area contributed by atoms with Crippen LogP contribution in [0, 0.1) is 0 Å². The number of hydrogen-bond donors (Lipinski definition) is 1. The quantitative estimate of drug-likeness (QED) is 0.721. The molecule has 1 heterocycles. The first-order chi connectivity index (χ1) is 10.5. The van der Waals surface area contributed by atoms with Crippen LogP contribution in [0.5, 0.6) is 0 Å². The SMILES string of the molecule is CN(C)C(C(=O)NCCc1ccc(Br)cc1)c1cc(Br)cs1. The average Bonchev–Trinajstić information content (AvgIpc) is 2.87. The second kappa shape index (κ2) is 8.24. The van der Waals surface area contributed by atoms with E-state index in [1.54, 1.807) is 11.3 Å². The molecule has 3 nitrogen and oxygen atoms in total. The van der Waals surface area contributed by atoms with Crippen molar-refractivity contribution in [1.29, 1.82) is 0 Å². The van der Waals surface area contributed by atoms with Crippen LogP contribution in [-0.2, 0) is 11.2 Å². The topological polar surface area (TPSA) is 32.3 Å². The molecule has 22 heavy (non-hydrogen) atoms. The van der Waals surface area contributed by atoms with Crippen LogP contribution in [0.4, 0.5) is 0 Å². The standard InChI is InChI=1S/C16H18Br2N2OS/c1-20(2)15(14-9-13(18)10-22-14)16(21)19-8-7-11-3-5-12(17)6-4-11/h3-6,9-10,15H,7-8H2,1-2H3,(H,19,21). The van der Waals surface area contributed by atoms with E-state index in [0.29, 0.717) is 6.54 Å². The van der Waals surface area contributed by atoms with Gasteiger partial charge in [-0.15, -0.1) is 11.3 Å². The molecule has 0 radical (unpaired) electrons. The second-order valence-corrected chi connectivity index (χ2v) is 7.98. The number of hydrogen-bond acceptors (Lipinski definition) is 3. The number of halogens is 2. The van der Waals surface area contributed by atoms with Gasteiger partial charge in [0.1, 0.15) is 6.04 Å². The Labute approximate surface area is 152 Å². The van der Waals surface area contributed by atoms with Crippen molar-refractivity contribution in [3.05, 3.63) is 55.1 Å². The normalized spacial score (nSPS) is 12.4. The predicted octanol–water partition coefficient (Wildman–Crippen LogP) is 4.23. The molecule has 2 rings (SSSR count). The summed E-state index contributed by atoms with van der Waals surface area (Å²) < 4.78 is 2.08. The fraction of sp³-hybridized carbons (Fsp3) is 0.312. The fourth-order valence-electron chi connectivity index (χ4n) is 2.17. The second-order valence-electron chi connectivity index (χ2n) is 5.20. The number of carbonyl (C=O) groups excluding carboxylic acids is 1. The molecule has 0 aliphatic carbocycles. The molecule has 1 aromatic carbocycles. The van der Waals surface area contributed by atoms with Gasteiger partial charge in [-0.25, -0.2) is 0 Å². The van der Waals surface area contributed by atoms with E-state index in [2.05, 4.69) is 49.3 Å². The third-order valence-corrected chi connectivity index (χ3v) is 5.52. The monoisotopic (exact) mass is 444 g/mol. The van der Waals surface area contributed by atoms with Gasteiger partial charge >= 0.3 is 0 Å². The van der Waals surface area contributed by atoms with Gasteiger partial charge in [0, 0.05) is 25.7 Å². The summed E-state index contributed by atoms with van der Waals surface area (Å²) >= 11 is 8.46. The molecule has 1 aromatic heterocycles. The lowest BCUT2D eigenvalue weighted by Crippen LogP contribution is -2.37. The maximum atomic E-state index is 12.5. The van der Waals surface area contributed by atoms with Crippen molar-refractivity contribution < 1.29 is 4.79 Å². The first-order valence-corrected chi connectivity index (χ1v) is 9.36. The van der Waals surface area contributed by atoms with Gasteiger partial charge in [0.15, 0.2) is 0 Å². The zero-order valence-electron chi connectivity index (χ0n) is 12.5. The zero-order chi connectivity index (χ0) is 16.1. The summed E-state index contributed by atoms with van der Waals surface area (Å²) in [5.74, 6) is 0.0384. The Morgan fingerprint density at radius 3 is 2.45 bits per heavy atom. The lowest BCUT2D eigenvalue weighted by atomic mass is 10.1. The lowest BCUT2D eigenvalue weighted by Gasteiger charge is -2.22. The molecular weight excluding hydrogens is 428 g/mol. The van der Waals surface area contributed by atoms with Crippen molar-refractivity contribution in [3.63, 3.8) is 0 Å². The predicted molar refractivity (Wildman–Crippen MR) is 99.3 cm³/mol. The Morgan fingerprint density at radius 2 is 1.91 bits per heavy atom. The van der Waals surface area contributed by atoms with Gasteiger partial charge in [0.25, 0.3) is 0 Å². The highest BCUT2D eigenvalue weighted by Gasteiger charge is 2.24. The van der Waals surface area contributed by atoms with Gasteiger partial charge in [0.05, 0.1) is 0 Å². The highest BCUT2D eigenvalue weighted by Crippen LogP contribution is 2.28. The number of amides is 1. The number of nitrogens with zero attached hydrogens (tertiary/aromatic N) is 1. The average molecular weight is 446 g/mol. The molecule has 0 aliphatic rings. The van der Waals surface area contributed by atoms with E-state index in [9.17, 15) is 4.79 Å². The first kappa shape index (κ1) is 17.7. The smallest absolute Gasteiger partial charge is 0.242 e. The molecule has 0 saturated heterocycles. The summed E-state index contributed by atoms with van der Waals surface area (Å²) in [6.45, 7) is 0.636. The molecule has 0 bridgehead atoms. The minimum Gasteiger partial charge on any atom is -0.354 e. The van der Waals surface area contributed by atoms with Gasteiger partial charge in [-0.2, -0.15) is 0 Å². The summed E-state index contributed by atoms with van der Waals surface area (Å²) in [5.41, 5.74) is 1.21. The molecular formula is C16H18Br2N2OS. The number of likely N-dealkylation sites (N-methyl/N-ethyl adjacent to an activating group) is 1. The van der Waals surface area contributed by atoms with Crippen LogP contribution in [-0.4, -0.2) is 31.4 Å². The highest BCUT2D eigenvalue weighted by atomic mass is 79.9. The summed E-state index contributed by atoms with van der Waals surface area (Å²) in [4.78, 5) is 15.4. The van der Waals surface area contributed by atoms with Crippen LogP contribution in [0.3, 0.4) is 0 Å². The minimum absolute atomic E-state index is 0.0384. The Hall–Kier alpha value is -0.690. The Balaban J connectivity index is 1.93. The van der Waals surface area contributed by atoms with E-state index in [-0.39, 0.29) is 11.9 Å². The number of nitrogens with one attached hydrogen (secondary N) is 1. The summed E-state index contributed by atoms with van der Waals surface area (Å²) in [6.07, 6.45) is 0.827. The van der Waals surface area contributed by atoms with Crippen LogP contribution >= 0.6 is 43.2 Å². The van der Waals surface area contributed by atoms with Gasteiger partial charge < -0.3 is 5.32 Å². The number of rotatable bonds is 6. The zero-order valence-corrected chi connectivity index (χ0v) is 16.5. The van der Waals surface area contributed by atoms with E-state index < -0.39 is 0 Å². The van der Waals surface area contributed by atoms with Gasteiger partial charge in [0.2, 0.25) is 5.91 Å². The van der Waals surface area contributed by atoms with E-state index in [0.717, 1.165) is 20.2 Å². The molecule has 0 aliphatic heterocycles. The van der Waals surface area contributed by atoms with E-state index in [4.69, 9.17) is 0 Å². The van der Waals surface area contributed by atoms with Crippen LogP contribution in [0.1, 0.15) is 16.5 Å².